The molecule has 0 amide bonds. The van der Waals surface area contributed by atoms with Crippen LogP contribution in [0.1, 0.15) is 17.5 Å². The molecule has 4 rings (SSSR count). The van der Waals surface area contributed by atoms with Crippen LogP contribution in [0.3, 0.4) is 0 Å². The molecule has 8 heteroatoms. The van der Waals surface area contributed by atoms with Gasteiger partial charge in [0.25, 0.3) is 0 Å². The molecule has 0 radical (unpaired) electrons. The Kier molecular flexibility index (Phi) is 3.86. The second-order valence-electron chi connectivity index (χ2n) is 5.29. The molecule has 0 spiro atoms. The summed E-state index contributed by atoms with van der Waals surface area (Å²) in [5.41, 5.74) is 2.07. The first kappa shape index (κ1) is 15.9. The van der Waals surface area contributed by atoms with E-state index < -0.39 is 5.97 Å². The average Bonchev–Trinajstić information content (AvgIpc) is 3.12. The summed E-state index contributed by atoms with van der Waals surface area (Å²) in [6, 6.07) is 12.5. The zero-order valence-corrected chi connectivity index (χ0v) is 14.6. The summed E-state index contributed by atoms with van der Waals surface area (Å²) in [6.45, 7) is 2.00. The molecule has 0 atom stereocenters. The van der Waals surface area contributed by atoms with Gasteiger partial charge in [0.15, 0.2) is 0 Å². The fourth-order valence-electron chi connectivity index (χ4n) is 2.69. The van der Waals surface area contributed by atoms with Gasteiger partial charge < -0.3 is 4.74 Å². The van der Waals surface area contributed by atoms with Gasteiger partial charge in [0, 0.05) is 5.02 Å². The van der Waals surface area contributed by atoms with E-state index in [1.807, 2.05) is 24.3 Å². The van der Waals surface area contributed by atoms with Crippen molar-refractivity contribution in [1.82, 2.24) is 19.2 Å². The predicted octanol–water partition coefficient (Wildman–Crippen LogP) is 4.16. The van der Waals surface area contributed by atoms with Crippen molar-refractivity contribution in [1.29, 1.82) is 0 Å². The first-order valence-electron chi connectivity index (χ1n) is 7.59. The number of nitrogens with zero attached hydrogens (tertiary/aromatic N) is 4. The Bertz CT molecular complexity index is 1120. The van der Waals surface area contributed by atoms with Gasteiger partial charge in [-0.3, -0.25) is 4.40 Å². The Morgan fingerprint density at radius 3 is 2.76 bits per heavy atom. The lowest BCUT2D eigenvalue weighted by Gasteiger charge is -2.04. The van der Waals surface area contributed by atoms with Gasteiger partial charge in [0.2, 0.25) is 11.6 Å². The van der Waals surface area contributed by atoms with Gasteiger partial charge in [-0.05, 0) is 37.3 Å². The highest BCUT2D eigenvalue weighted by Crippen LogP contribution is 2.27. The number of fused-ring (bicyclic) bond motifs is 3. The van der Waals surface area contributed by atoms with E-state index in [4.69, 9.17) is 27.9 Å². The molecule has 0 aliphatic carbocycles. The molecule has 126 valence electrons. The lowest BCUT2D eigenvalue weighted by atomic mass is 10.3. The van der Waals surface area contributed by atoms with Crippen LogP contribution in [0.5, 0.6) is 0 Å². The third-order valence-corrected chi connectivity index (χ3v) is 4.27. The minimum absolute atomic E-state index is 0.136. The molecule has 6 nitrogen and oxygen atoms in total. The minimum Gasteiger partial charge on any atom is -0.460 e. The molecular weight excluding hydrogens is 363 g/mol. The summed E-state index contributed by atoms with van der Waals surface area (Å²) in [4.78, 5) is 17.0. The maximum Gasteiger partial charge on any atom is 0.376 e. The quantitative estimate of drug-likeness (QED) is 0.505. The Morgan fingerprint density at radius 2 is 2.00 bits per heavy atom. The topological polar surface area (TPSA) is 61.4 Å². The van der Waals surface area contributed by atoms with E-state index in [-0.39, 0.29) is 12.4 Å². The first-order chi connectivity index (χ1) is 12.1. The number of carbonyl (C=O) groups excluding carboxylic acids is 1. The summed E-state index contributed by atoms with van der Waals surface area (Å²) in [7, 11) is 0. The highest BCUT2D eigenvalue weighted by atomic mass is 35.5. The fraction of sp³-hybridized carbons (Fsp3) is 0.118. The number of imidazole rings is 1. The number of rotatable bonds is 3. The van der Waals surface area contributed by atoms with Crippen molar-refractivity contribution in [2.24, 2.45) is 0 Å². The summed E-state index contributed by atoms with van der Waals surface area (Å²) >= 11 is 12.3. The van der Waals surface area contributed by atoms with E-state index in [1.165, 1.54) is 4.68 Å². The van der Waals surface area contributed by atoms with Crippen molar-refractivity contribution in [2.75, 3.05) is 6.61 Å². The number of hydrogen-bond acceptors (Lipinski definition) is 4. The number of aromatic nitrogens is 4. The Morgan fingerprint density at radius 1 is 1.20 bits per heavy atom. The molecule has 25 heavy (non-hydrogen) atoms. The van der Waals surface area contributed by atoms with Crippen LogP contribution >= 0.6 is 23.2 Å². The summed E-state index contributed by atoms with van der Waals surface area (Å²) in [5, 5.41) is 5.31. The number of hydrogen-bond donors (Lipinski definition) is 0. The normalized spacial score (nSPS) is 11.3. The number of carbonyl (C=O) groups is 1. The zero-order chi connectivity index (χ0) is 17.6. The highest BCUT2D eigenvalue weighted by molar-refractivity contribution is 6.35. The number of ether oxygens (including phenoxy) is 1. The van der Waals surface area contributed by atoms with E-state index in [9.17, 15) is 4.79 Å². The molecule has 2 aromatic carbocycles. The number of esters is 1. The maximum absolute atomic E-state index is 12.4. The van der Waals surface area contributed by atoms with Gasteiger partial charge >= 0.3 is 5.97 Å². The SMILES string of the molecule is CCOC(=O)c1nn(-c2ccc(Cl)cc2Cl)c2nc3ccccc3n12. The molecule has 0 saturated heterocycles. The minimum atomic E-state index is -0.528. The Hall–Kier alpha value is -2.57. The molecule has 4 aromatic rings. The molecule has 0 fully saturated rings. The lowest BCUT2D eigenvalue weighted by molar-refractivity contribution is 0.0510. The van der Waals surface area contributed by atoms with Crippen molar-refractivity contribution >= 4 is 46.0 Å². The van der Waals surface area contributed by atoms with Crippen molar-refractivity contribution < 1.29 is 9.53 Å². The molecular formula is C17H12Cl2N4O2. The van der Waals surface area contributed by atoms with Crippen molar-refractivity contribution in [2.45, 2.75) is 6.92 Å². The van der Waals surface area contributed by atoms with E-state index in [2.05, 4.69) is 10.1 Å². The molecule has 2 heterocycles. The van der Waals surface area contributed by atoms with Gasteiger partial charge in [0.1, 0.15) is 0 Å². The van der Waals surface area contributed by atoms with Crippen LogP contribution in [0.25, 0.3) is 22.5 Å². The molecule has 0 bridgehead atoms. The lowest BCUT2D eigenvalue weighted by Crippen LogP contribution is -2.10. The van der Waals surface area contributed by atoms with Gasteiger partial charge in [-0.15, -0.1) is 5.10 Å². The van der Waals surface area contributed by atoms with Gasteiger partial charge in [0.05, 0.1) is 28.4 Å². The smallest absolute Gasteiger partial charge is 0.376 e. The molecule has 0 N–H and O–H groups in total. The van der Waals surface area contributed by atoms with E-state index >= 15 is 0 Å². The van der Waals surface area contributed by atoms with Crippen LogP contribution in [0.2, 0.25) is 10.0 Å². The molecule has 0 aliphatic rings. The monoisotopic (exact) mass is 374 g/mol. The standard InChI is InChI=1S/C17H12Cl2N4O2/c1-2-25-16(24)15-21-23(13-8-7-10(18)9-11(13)19)17-20-12-5-3-4-6-14(12)22(15)17/h3-9H,2H2,1H3. The second-order valence-corrected chi connectivity index (χ2v) is 6.13. The highest BCUT2D eigenvalue weighted by Gasteiger charge is 2.23. The van der Waals surface area contributed by atoms with Crippen molar-refractivity contribution in [3.8, 4) is 5.69 Å². The van der Waals surface area contributed by atoms with E-state index in [0.29, 0.717) is 21.5 Å². The largest absolute Gasteiger partial charge is 0.460 e. The molecule has 0 aliphatic heterocycles. The van der Waals surface area contributed by atoms with Crippen LogP contribution in [0, 0.1) is 0 Å². The maximum atomic E-state index is 12.4. The zero-order valence-electron chi connectivity index (χ0n) is 13.1. The molecule has 0 saturated carbocycles. The van der Waals surface area contributed by atoms with Gasteiger partial charge in [-0.1, -0.05) is 35.3 Å². The van der Waals surface area contributed by atoms with Gasteiger partial charge in [-0.25, -0.2) is 9.78 Å². The van der Waals surface area contributed by atoms with Crippen LogP contribution < -0.4 is 0 Å². The summed E-state index contributed by atoms with van der Waals surface area (Å²) in [6.07, 6.45) is 0. The number of para-hydroxylation sites is 2. The van der Waals surface area contributed by atoms with Gasteiger partial charge in [-0.2, -0.15) is 4.68 Å². The number of halogens is 2. The van der Waals surface area contributed by atoms with Crippen LogP contribution in [0.4, 0.5) is 0 Å². The fourth-order valence-corrected chi connectivity index (χ4v) is 3.18. The van der Waals surface area contributed by atoms with E-state index in [1.54, 1.807) is 29.5 Å². The third-order valence-electron chi connectivity index (χ3n) is 3.73. The van der Waals surface area contributed by atoms with Crippen molar-refractivity contribution in [3.05, 3.63) is 58.3 Å². The first-order valence-corrected chi connectivity index (χ1v) is 8.34. The molecule has 2 aromatic heterocycles. The Labute approximate surface area is 152 Å². The Balaban J connectivity index is 2.06. The molecule has 0 unspecified atom stereocenters. The predicted molar refractivity (Wildman–Crippen MR) is 95.8 cm³/mol. The van der Waals surface area contributed by atoms with Crippen LogP contribution in [-0.4, -0.2) is 31.7 Å². The summed E-state index contributed by atoms with van der Waals surface area (Å²) in [5.74, 6) is 0.0736. The third kappa shape index (κ3) is 2.54. The second kappa shape index (κ2) is 6.06. The van der Waals surface area contributed by atoms with E-state index in [0.717, 1.165) is 11.0 Å². The van der Waals surface area contributed by atoms with Crippen LogP contribution in [-0.2, 0) is 4.74 Å². The van der Waals surface area contributed by atoms with Crippen molar-refractivity contribution in [3.63, 3.8) is 0 Å². The summed E-state index contributed by atoms with van der Waals surface area (Å²) < 4.78 is 8.32. The number of benzene rings is 2. The average molecular weight is 375 g/mol. The van der Waals surface area contributed by atoms with Crippen LogP contribution in [0.15, 0.2) is 42.5 Å².